The molecule has 0 spiro atoms. The normalized spacial score (nSPS) is 19.4. The Labute approximate surface area is 123 Å². The van der Waals surface area contributed by atoms with Crippen molar-refractivity contribution >= 4 is 11.8 Å². The summed E-state index contributed by atoms with van der Waals surface area (Å²) in [5.74, 6) is -0.582. The lowest BCUT2D eigenvalue weighted by Crippen LogP contribution is -2.44. The molecule has 2 rings (SSSR count). The number of carbonyl (C=O) groups is 2. The van der Waals surface area contributed by atoms with E-state index in [0.717, 1.165) is 25.1 Å². The van der Waals surface area contributed by atoms with Crippen molar-refractivity contribution in [3.63, 3.8) is 0 Å². The number of nitrogens with zero attached hydrogens (tertiary/aromatic N) is 3. The van der Waals surface area contributed by atoms with Gasteiger partial charge in [-0.1, -0.05) is 0 Å². The van der Waals surface area contributed by atoms with E-state index in [0.29, 0.717) is 19.5 Å². The van der Waals surface area contributed by atoms with Crippen LogP contribution < -0.4 is 5.32 Å². The van der Waals surface area contributed by atoms with Gasteiger partial charge >= 0.3 is 0 Å². The van der Waals surface area contributed by atoms with Crippen LogP contribution in [0.3, 0.4) is 0 Å². The van der Waals surface area contributed by atoms with Crippen LogP contribution >= 0.6 is 0 Å². The largest absolute Gasteiger partial charge is 0.383 e. The van der Waals surface area contributed by atoms with Gasteiger partial charge in [-0.3, -0.25) is 14.3 Å². The van der Waals surface area contributed by atoms with Crippen LogP contribution in [0.25, 0.3) is 0 Å². The van der Waals surface area contributed by atoms with Crippen molar-refractivity contribution in [1.82, 2.24) is 20.0 Å². The molecule has 7 heteroatoms. The van der Waals surface area contributed by atoms with Gasteiger partial charge in [0.25, 0.3) is 5.91 Å². The van der Waals surface area contributed by atoms with Crippen molar-refractivity contribution in [2.24, 2.45) is 0 Å². The summed E-state index contributed by atoms with van der Waals surface area (Å²) < 4.78 is 1.79. The van der Waals surface area contributed by atoms with E-state index >= 15 is 0 Å². The molecule has 116 valence electrons. The van der Waals surface area contributed by atoms with Crippen molar-refractivity contribution in [1.29, 1.82) is 0 Å². The van der Waals surface area contributed by atoms with E-state index in [1.165, 1.54) is 4.90 Å². The Kier molecular flexibility index (Phi) is 5.32. The van der Waals surface area contributed by atoms with E-state index in [2.05, 4.69) is 10.4 Å². The number of likely N-dealkylation sites (tertiary alicyclic amines) is 1. The Morgan fingerprint density at radius 3 is 3.05 bits per heavy atom. The first-order valence-electron chi connectivity index (χ1n) is 7.36. The summed E-state index contributed by atoms with van der Waals surface area (Å²) in [6, 6.07) is 1.85. The number of aromatic nitrogens is 2. The van der Waals surface area contributed by atoms with Gasteiger partial charge in [-0.2, -0.15) is 5.10 Å². The summed E-state index contributed by atoms with van der Waals surface area (Å²) in [7, 11) is 0. The first kappa shape index (κ1) is 15.5. The van der Waals surface area contributed by atoms with Crippen molar-refractivity contribution in [3.05, 3.63) is 18.0 Å². The molecule has 1 aromatic heterocycles. The van der Waals surface area contributed by atoms with Gasteiger partial charge in [0.2, 0.25) is 5.91 Å². The average molecular weight is 294 g/mol. The Hall–Kier alpha value is -1.89. The number of hydrogen-bond acceptors (Lipinski definition) is 4. The van der Waals surface area contributed by atoms with Gasteiger partial charge in [0.05, 0.1) is 18.8 Å². The van der Waals surface area contributed by atoms with E-state index in [1.807, 2.05) is 19.2 Å². The molecule has 0 bridgehead atoms. The van der Waals surface area contributed by atoms with E-state index in [4.69, 9.17) is 0 Å². The highest BCUT2D eigenvalue weighted by atomic mass is 16.3. The quantitative estimate of drug-likeness (QED) is 0.793. The molecular formula is C14H22N4O3. The lowest BCUT2D eigenvalue weighted by Gasteiger charge is -2.21. The summed E-state index contributed by atoms with van der Waals surface area (Å²) in [4.78, 5) is 25.2. The summed E-state index contributed by atoms with van der Waals surface area (Å²) in [6.45, 7) is 3.63. The molecule has 1 aliphatic heterocycles. The number of hydrogen-bond donors (Lipinski definition) is 2. The number of rotatable bonds is 5. The number of nitrogens with one attached hydrogen (secondary N) is 1. The SMILES string of the molecule is CCn1ccc(CNC(=O)CN2CCCCC(O)C2=O)n1. The third kappa shape index (κ3) is 4.29. The van der Waals surface area contributed by atoms with Crippen LogP contribution in [0, 0.1) is 0 Å². The van der Waals surface area contributed by atoms with Gasteiger partial charge in [-0.15, -0.1) is 0 Å². The maximum absolute atomic E-state index is 11.9. The number of carbonyl (C=O) groups excluding carboxylic acids is 2. The second-order valence-electron chi connectivity index (χ2n) is 5.21. The average Bonchev–Trinajstić information content (AvgIpc) is 2.89. The first-order chi connectivity index (χ1) is 10.1. The van der Waals surface area contributed by atoms with Gasteiger partial charge in [0.1, 0.15) is 6.10 Å². The number of aryl methyl sites for hydroxylation is 1. The highest BCUT2D eigenvalue weighted by molar-refractivity contribution is 5.87. The molecule has 7 nitrogen and oxygen atoms in total. The Morgan fingerprint density at radius 1 is 1.52 bits per heavy atom. The lowest BCUT2D eigenvalue weighted by molar-refractivity contribution is -0.142. The van der Waals surface area contributed by atoms with Crippen LogP contribution in [0.4, 0.5) is 0 Å². The molecule has 21 heavy (non-hydrogen) atoms. The molecule has 2 amide bonds. The molecular weight excluding hydrogens is 272 g/mol. The number of aliphatic hydroxyl groups is 1. The van der Waals surface area contributed by atoms with E-state index in [9.17, 15) is 14.7 Å². The van der Waals surface area contributed by atoms with Crippen LogP contribution in [0.1, 0.15) is 31.9 Å². The second-order valence-corrected chi connectivity index (χ2v) is 5.21. The summed E-state index contributed by atoms with van der Waals surface area (Å²) in [5.41, 5.74) is 0.785. The molecule has 0 radical (unpaired) electrons. The Bertz CT molecular complexity index is 500. The van der Waals surface area contributed by atoms with Crippen molar-refractivity contribution in [2.75, 3.05) is 13.1 Å². The standard InChI is InChI=1S/C14H22N4O3/c1-2-18-8-6-11(16-18)9-15-13(20)10-17-7-4-3-5-12(19)14(17)21/h6,8,12,19H,2-5,7,9-10H2,1H3,(H,15,20). The third-order valence-electron chi connectivity index (χ3n) is 3.57. The molecule has 2 heterocycles. The fourth-order valence-corrected chi connectivity index (χ4v) is 2.33. The van der Waals surface area contributed by atoms with Crippen LogP contribution in [-0.4, -0.2) is 50.8 Å². The Balaban J connectivity index is 1.81. The minimum absolute atomic E-state index is 0.00954. The highest BCUT2D eigenvalue weighted by Crippen LogP contribution is 2.11. The molecule has 0 aromatic carbocycles. The summed E-state index contributed by atoms with van der Waals surface area (Å²) >= 11 is 0. The maximum atomic E-state index is 11.9. The molecule has 1 atom stereocenters. The number of amides is 2. The zero-order valence-electron chi connectivity index (χ0n) is 12.3. The zero-order chi connectivity index (χ0) is 15.2. The van der Waals surface area contributed by atoms with Gasteiger partial charge in [-0.25, -0.2) is 0 Å². The predicted molar refractivity (Wildman–Crippen MR) is 76.2 cm³/mol. The third-order valence-corrected chi connectivity index (χ3v) is 3.57. The van der Waals surface area contributed by atoms with Crippen molar-refractivity contribution < 1.29 is 14.7 Å². The molecule has 1 aromatic rings. The van der Waals surface area contributed by atoms with Crippen molar-refractivity contribution in [2.45, 2.75) is 45.4 Å². The maximum Gasteiger partial charge on any atom is 0.251 e. The summed E-state index contributed by atoms with van der Waals surface area (Å²) in [5, 5.41) is 16.7. The first-order valence-corrected chi connectivity index (χ1v) is 7.36. The molecule has 0 aliphatic carbocycles. The smallest absolute Gasteiger partial charge is 0.251 e. The summed E-state index contributed by atoms with van der Waals surface area (Å²) in [6.07, 6.45) is 2.98. The molecule has 1 aliphatic rings. The van der Waals surface area contributed by atoms with E-state index in [-0.39, 0.29) is 18.4 Å². The van der Waals surface area contributed by atoms with Crippen LogP contribution in [0.2, 0.25) is 0 Å². The van der Waals surface area contributed by atoms with Gasteiger partial charge in [0.15, 0.2) is 0 Å². The molecule has 1 saturated heterocycles. The topological polar surface area (TPSA) is 87.5 Å². The zero-order valence-corrected chi connectivity index (χ0v) is 12.3. The van der Waals surface area contributed by atoms with Crippen LogP contribution in [-0.2, 0) is 22.7 Å². The monoisotopic (exact) mass is 294 g/mol. The minimum Gasteiger partial charge on any atom is -0.383 e. The molecule has 0 saturated carbocycles. The lowest BCUT2D eigenvalue weighted by atomic mass is 10.2. The van der Waals surface area contributed by atoms with Gasteiger partial charge in [0, 0.05) is 19.3 Å². The van der Waals surface area contributed by atoms with Crippen molar-refractivity contribution in [3.8, 4) is 0 Å². The molecule has 2 N–H and O–H groups in total. The van der Waals surface area contributed by atoms with Crippen LogP contribution in [0.15, 0.2) is 12.3 Å². The predicted octanol–water partition coefficient (Wildman–Crippen LogP) is -0.107. The minimum atomic E-state index is -0.972. The Morgan fingerprint density at radius 2 is 2.33 bits per heavy atom. The van der Waals surface area contributed by atoms with E-state index < -0.39 is 6.10 Å². The molecule has 1 fully saturated rings. The highest BCUT2D eigenvalue weighted by Gasteiger charge is 2.26. The second kappa shape index (κ2) is 7.21. The van der Waals surface area contributed by atoms with E-state index in [1.54, 1.807) is 4.68 Å². The number of aliphatic hydroxyl groups excluding tert-OH is 1. The molecule has 1 unspecified atom stereocenters. The van der Waals surface area contributed by atoms with Gasteiger partial charge < -0.3 is 15.3 Å². The fourth-order valence-electron chi connectivity index (χ4n) is 2.33. The van der Waals surface area contributed by atoms with Crippen LogP contribution in [0.5, 0.6) is 0 Å². The van der Waals surface area contributed by atoms with Gasteiger partial charge in [-0.05, 0) is 32.3 Å². The fraction of sp³-hybridized carbons (Fsp3) is 0.643.